The lowest BCUT2D eigenvalue weighted by atomic mass is 9.84. The van der Waals surface area contributed by atoms with Gasteiger partial charge in [-0.25, -0.2) is 4.68 Å². The van der Waals surface area contributed by atoms with Crippen LogP contribution in [0.15, 0.2) is 72.6 Å². The highest BCUT2D eigenvalue weighted by atomic mass is 35.5. The van der Waals surface area contributed by atoms with Crippen LogP contribution in [0.5, 0.6) is 5.75 Å². The van der Waals surface area contributed by atoms with E-state index in [1.165, 1.54) is 5.56 Å². The van der Waals surface area contributed by atoms with Gasteiger partial charge in [0.15, 0.2) is 6.10 Å². The summed E-state index contributed by atoms with van der Waals surface area (Å²) in [5.74, 6) is 1.35. The summed E-state index contributed by atoms with van der Waals surface area (Å²) < 4.78 is 8.46. The van der Waals surface area contributed by atoms with Crippen LogP contribution in [0, 0.1) is 6.92 Å². The number of ether oxygens (including phenoxy) is 1. The van der Waals surface area contributed by atoms with Crippen molar-refractivity contribution in [1.29, 1.82) is 0 Å². The Morgan fingerprint density at radius 3 is 2.48 bits per heavy atom. The minimum atomic E-state index is -0.477. The molecule has 3 aromatic carbocycles. The van der Waals surface area contributed by atoms with Gasteiger partial charge >= 0.3 is 0 Å². The average molecular weight is 496 g/mol. The second kappa shape index (κ2) is 7.80. The molecule has 1 aromatic heterocycles. The minimum absolute atomic E-state index is 0.261. The number of nitrogens with zero attached hydrogens (tertiary/aromatic N) is 3. The summed E-state index contributed by atoms with van der Waals surface area (Å²) >= 11 is 19.3. The van der Waals surface area contributed by atoms with E-state index in [9.17, 15) is 0 Å². The fourth-order valence-corrected chi connectivity index (χ4v) is 5.16. The lowest BCUT2D eigenvalue weighted by molar-refractivity contribution is 0.223. The molecule has 0 bridgehead atoms. The van der Waals surface area contributed by atoms with Crippen LogP contribution in [0.25, 0.3) is 5.70 Å². The first-order valence-corrected chi connectivity index (χ1v) is 11.5. The van der Waals surface area contributed by atoms with E-state index in [0.29, 0.717) is 26.8 Å². The molecular weight excluding hydrogens is 479 g/mol. The van der Waals surface area contributed by atoms with Gasteiger partial charge in [-0.15, -0.1) is 0 Å². The highest BCUT2D eigenvalue weighted by Crippen LogP contribution is 2.52. The van der Waals surface area contributed by atoms with Gasteiger partial charge in [0, 0.05) is 31.8 Å². The molecule has 1 N–H and O–H groups in total. The molecular formula is C25H17Cl3N4O. The summed E-state index contributed by atoms with van der Waals surface area (Å²) in [6.07, 6.45) is 1.07. The number of hydrogen-bond donors (Lipinski definition) is 1. The molecule has 2 aliphatic heterocycles. The van der Waals surface area contributed by atoms with Gasteiger partial charge in [0.05, 0.1) is 5.70 Å². The molecule has 0 radical (unpaired) electrons. The molecule has 0 amide bonds. The first kappa shape index (κ1) is 20.6. The van der Waals surface area contributed by atoms with Crippen molar-refractivity contribution in [3.8, 4) is 5.75 Å². The van der Waals surface area contributed by atoms with E-state index in [1.807, 2.05) is 35.0 Å². The maximum Gasteiger partial charge on any atom is 0.226 e. The molecule has 2 aliphatic rings. The molecule has 33 heavy (non-hydrogen) atoms. The van der Waals surface area contributed by atoms with Gasteiger partial charge in [-0.2, -0.15) is 10.1 Å². The number of nitrogens with one attached hydrogen (secondary N) is 1. The Hall–Kier alpha value is -2.99. The Morgan fingerprint density at radius 1 is 0.939 bits per heavy atom. The average Bonchev–Trinajstić information content (AvgIpc) is 3.27. The molecule has 0 saturated heterocycles. The number of aryl methyl sites for hydroxylation is 1. The fourth-order valence-electron chi connectivity index (χ4n) is 4.48. The van der Waals surface area contributed by atoms with Crippen LogP contribution in [0.3, 0.4) is 0 Å². The third-order valence-corrected chi connectivity index (χ3v) is 6.81. The zero-order valence-corrected chi connectivity index (χ0v) is 19.7. The topological polar surface area (TPSA) is 52.0 Å². The lowest BCUT2D eigenvalue weighted by Gasteiger charge is -2.39. The van der Waals surface area contributed by atoms with Crippen molar-refractivity contribution in [2.75, 3.05) is 5.32 Å². The molecule has 0 spiro atoms. The normalized spacial score (nSPS) is 18.7. The molecule has 0 saturated carbocycles. The van der Waals surface area contributed by atoms with Gasteiger partial charge in [-0.1, -0.05) is 70.7 Å². The summed E-state index contributed by atoms with van der Waals surface area (Å²) in [7, 11) is 0. The third-order valence-electron chi connectivity index (χ3n) is 6.01. The Kier molecular flexibility index (Phi) is 4.87. The smallest absolute Gasteiger partial charge is 0.226 e. The van der Waals surface area contributed by atoms with Crippen molar-refractivity contribution < 1.29 is 4.74 Å². The second-order valence-corrected chi connectivity index (χ2v) is 9.38. The zero-order chi connectivity index (χ0) is 22.7. The van der Waals surface area contributed by atoms with Crippen molar-refractivity contribution in [2.24, 2.45) is 0 Å². The first-order valence-electron chi connectivity index (χ1n) is 10.4. The van der Waals surface area contributed by atoms with Crippen LogP contribution in [-0.2, 0) is 0 Å². The first-order chi connectivity index (χ1) is 16.0. The molecule has 3 heterocycles. The van der Waals surface area contributed by atoms with E-state index in [0.717, 1.165) is 28.0 Å². The SMILES string of the molecule is Cc1ccc(C2C3=C(Nc4ncnn42)c2cc(Cl)ccc2OC3c2ccc(Cl)cc2Cl)cc1. The van der Waals surface area contributed by atoms with Crippen LogP contribution in [-0.4, -0.2) is 14.8 Å². The second-order valence-electron chi connectivity index (χ2n) is 8.10. The molecule has 164 valence electrons. The van der Waals surface area contributed by atoms with Crippen molar-refractivity contribution in [2.45, 2.75) is 19.1 Å². The summed E-state index contributed by atoms with van der Waals surface area (Å²) in [6, 6.07) is 19.2. The van der Waals surface area contributed by atoms with Crippen LogP contribution in [0.4, 0.5) is 5.95 Å². The van der Waals surface area contributed by atoms with Crippen LogP contribution >= 0.6 is 34.8 Å². The van der Waals surface area contributed by atoms with Crippen LogP contribution < -0.4 is 10.1 Å². The van der Waals surface area contributed by atoms with Gasteiger partial charge in [0.25, 0.3) is 0 Å². The van der Waals surface area contributed by atoms with Gasteiger partial charge in [-0.3, -0.25) is 0 Å². The predicted octanol–water partition coefficient (Wildman–Crippen LogP) is 7.11. The van der Waals surface area contributed by atoms with E-state index < -0.39 is 6.10 Å². The fraction of sp³-hybridized carbons (Fsp3) is 0.120. The molecule has 5 nitrogen and oxygen atoms in total. The standard InChI is InChI=1S/C25H17Cl3N4O/c1-13-2-4-14(5-3-13)23-21-22(31-25-29-12-30-32(23)25)18-10-15(26)7-9-20(18)33-24(21)17-8-6-16(27)11-19(17)28/h2-12,23-24H,1H3,(H,29,30,31). The largest absolute Gasteiger partial charge is 0.480 e. The van der Waals surface area contributed by atoms with Gasteiger partial charge in [0.2, 0.25) is 5.95 Å². The maximum atomic E-state index is 6.68. The molecule has 2 unspecified atom stereocenters. The van der Waals surface area contributed by atoms with Crippen molar-refractivity contribution in [3.63, 3.8) is 0 Å². The minimum Gasteiger partial charge on any atom is -0.480 e. The molecule has 2 atom stereocenters. The number of benzene rings is 3. The number of halogens is 3. The third kappa shape index (κ3) is 3.39. The zero-order valence-electron chi connectivity index (χ0n) is 17.4. The van der Waals surface area contributed by atoms with Gasteiger partial charge < -0.3 is 10.1 Å². The number of fused-ring (bicyclic) bond motifs is 3. The van der Waals surface area contributed by atoms with E-state index >= 15 is 0 Å². The molecule has 0 aliphatic carbocycles. The lowest BCUT2D eigenvalue weighted by Crippen LogP contribution is -2.32. The summed E-state index contributed by atoms with van der Waals surface area (Å²) in [6.45, 7) is 2.07. The van der Waals surface area contributed by atoms with Crippen molar-refractivity contribution in [3.05, 3.63) is 110 Å². The number of aromatic nitrogens is 3. The van der Waals surface area contributed by atoms with E-state index in [-0.39, 0.29) is 6.04 Å². The van der Waals surface area contributed by atoms with E-state index in [2.05, 4.69) is 46.6 Å². The van der Waals surface area contributed by atoms with Crippen molar-refractivity contribution in [1.82, 2.24) is 14.8 Å². The number of anilines is 1. The Morgan fingerprint density at radius 2 is 1.70 bits per heavy atom. The van der Waals surface area contributed by atoms with Gasteiger partial charge in [0.1, 0.15) is 18.1 Å². The molecule has 8 heteroatoms. The summed E-state index contributed by atoms with van der Waals surface area (Å²) in [5, 5.41) is 9.72. The number of hydrogen-bond acceptors (Lipinski definition) is 4. The predicted molar refractivity (Wildman–Crippen MR) is 131 cm³/mol. The molecule has 4 aromatic rings. The van der Waals surface area contributed by atoms with Gasteiger partial charge in [-0.05, 0) is 42.8 Å². The Labute approximate surface area is 205 Å². The molecule has 6 rings (SSSR count). The van der Waals surface area contributed by atoms with E-state index in [4.69, 9.17) is 39.5 Å². The van der Waals surface area contributed by atoms with Crippen LogP contribution in [0.1, 0.15) is 34.4 Å². The monoisotopic (exact) mass is 494 g/mol. The number of rotatable bonds is 2. The van der Waals surface area contributed by atoms with Crippen molar-refractivity contribution >= 4 is 46.4 Å². The van der Waals surface area contributed by atoms with Crippen LogP contribution in [0.2, 0.25) is 15.1 Å². The summed E-state index contributed by atoms with van der Waals surface area (Å²) in [4.78, 5) is 4.45. The highest BCUT2D eigenvalue weighted by molar-refractivity contribution is 6.35. The maximum absolute atomic E-state index is 6.68. The summed E-state index contributed by atoms with van der Waals surface area (Å²) in [5.41, 5.74) is 5.78. The quantitative estimate of drug-likeness (QED) is 0.322. The highest BCUT2D eigenvalue weighted by Gasteiger charge is 2.41. The Balaban J connectivity index is 1.65. The van der Waals surface area contributed by atoms with E-state index in [1.54, 1.807) is 12.4 Å². The Bertz CT molecular complexity index is 1430. The molecule has 0 fully saturated rings.